The first-order valence-electron chi connectivity index (χ1n) is 4.93. The number of ketones is 1. The van der Waals surface area contributed by atoms with Crippen molar-refractivity contribution in [3.8, 4) is 5.75 Å². The third kappa shape index (κ3) is 1.41. The summed E-state index contributed by atoms with van der Waals surface area (Å²) in [4.78, 5) is 11.6. The maximum absolute atomic E-state index is 11.6. The molecular weight excluding hydrogens is 176 g/mol. The van der Waals surface area contributed by atoms with Gasteiger partial charge in [-0.2, -0.15) is 0 Å². The Bertz CT molecular complexity index is 380. The van der Waals surface area contributed by atoms with E-state index in [0.717, 1.165) is 29.7 Å². The first-order chi connectivity index (χ1) is 6.72. The van der Waals surface area contributed by atoms with Gasteiger partial charge in [-0.05, 0) is 37.0 Å². The van der Waals surface area contributed by atoms with Gasteiger partial charge in [-0.25, -0.2) is 0 Å². The quantitative estimate of drug-likeness (QED) is 0.680. The van der Waals surface area contributed by atoms with Crippen molar-refractivity contribution in [3.63, 3.8) is 0 Å². The number of hydrogen-bond acceptors (Lipinski definition) is 2. The molecule has 2 heteroatoms. The third-order valence-electron chi connectivity index (χ3n) is 2.77. The average molecular weight is 190 g/mol. The summed E-state index contributed by atoms with van der Waals surface area (Å²) in [6.45, 7) is 2.01. The second-order valence-corrected chi connectivity index (χ2v) is 3.76. The van der Waals surface area contributed by atoms with E-state index in [9.17, 15) is 4.79 Å². The van der Waals surface area contributed by atoms with E-state index in [4.69, 9.17) is 4.74 Å². The number of aryl methyl sites for hydroxylation is 2. The van der Waals surface area contributed by atoms with Crippen molar-refractivity contribution in [1.82, 2.24) is 0 Å². The van der Waals surface area contributed by atoms with Gasteiger partial charge in [-0.15, -0.1) is 0 Å². The van der Waals surface area contributed by atoms with Gasteiger partial charge in [-0.1, -0.05) is 6.07 Å². The van der Waals surface area contributed by atoms with Crippen molar-refractivity contribution in [1.29, 1.82) is 0 Å². The largest absolute Gasteiger partial charge is 0.496 e. The van der Waals surface area contributed by atoms with Gasteiger partial charge in [0.15, 0.2) is 5.78 Å². The number of fused-ring (bicyclic) bond motifs is 1. The Balaban J connectivity index is 2.54. The zero-order valence-electron chi connectivity index (χ0n) is 8.59. The van der Waals surface area contributed by atoms with Crippen molar-refractivity contribution in [3.05, 3.63) is 28.8 Å². The molecule has 1 aromatic rings. The molecule has 0 N–H and O–H groups in total. The van der Waals surface area contributed by atoms with Gasteiger partial charge >= 0.3 is 0 Å². The van der Waals surface area contributed by atoms with Crippen LogP contribution in [0.5, 0.6) is 5.75 Å². The van der Waals surface area contributed by atoms with Gasteiger partial charge in [0.1, 0.15) is 5.75 Å². The van der Waals surface area contributed by atoms with Gasteiger partial charge in [0.25, 0.3) is 0 Å². The molecule has 0 fully saturated rings. The van der Waals surface area contributed by atoms with Crippen LogP contribution in [0.2, 0.25) is 0 Å². The van der Waals surface area contributed by atoms with E-state index in [-0.39, 0.29) is 5.78 Å². The summed E-state index contributed by atoms with van der Waals surface area (Å²) < 4.78 is 5.21. The molecule has 0 amide bonds. The number of Topliss-reactive ketones (excluding diaryl/α,β-unsaturated/α-hetero) is 1. The molecule has 0 bridgehead atoms. The number of methoxy groups -OCH3 is 1. The first kappa shape index (κ1) is 9.25. The Morgan fingerprint density at radius 3 is 2.79 bits per heavy atom. The smallest absolute Gasteiger partial charge is 0.163 e. The molecule has 1 aromatic carbocycles. The summed E-state index contributed by atoms with van der Waals surface area (Å²) in [7, 11) is 1.64. The van der Waals surface area contributed by atoms with Crippen molar-refractivity contribution in [2.45, 2.75) is 26.2 Å². The molecule has 2 nitrogen and oxygen atoms in total. The summed E-state index contributed by atoms with van der Waals surface area (Å²) >= 11 is 0. The predicted molar refractivity (Wildman–Crippen MR) is 55.0 cm³/mol. The van der Waals surface area contributed by atoms with Crippen LogP contribution in [0.4, 0.5) is 0 Å². The minimum Gasteiger partial charge on any atom is -0.496 e. The number of hydrogen-bond donors (Lipinski definition) is 0. The first-order valence-corrected chi connectivity index (χ1v) is 4.93. The van der Waals surface area contributed by atoms with Crippen LogP contribution >= 0.6 is 0 Å². The van der Waals surface area contributed by atoms with Crippen LogP contribution in [0.15, 0.2) is 12.1 Å². The fraction of sp³-hybridized carbons (Fsp3) is 0.417. The lowest BCUT2D eigenvalue weighted by molar-refractivity contribution is 0.0972. The zero-order valence-corrected chi connectivity index (χ0v) is 8.59. The Labute approximate surface area is 83.9 Å². The maximum Gasteiger partial charge on any atom is 0.163 e. The highest BCUT2D eigenvalue weighted by atomic mass is 16.5. The van der Waals surface area contributed by atoms with Crippen LogP contribution in [0.25, 0.3) is 0 Å². The predicted octanol–water partition coefficient (Wildman–Crippen LogP) is 2.52. The van der Waals surface area contributed by atoms with Crippen LogP contribution in [-0.4, -0.2) is 12.9 Å². The number of ether oxygens (including phenoxy) is 1. The fourth-order valence-corrected chi connectivity index (χ4v) is 2.01. The topological polar surface area (TPSA) is 26.3 Å². The number of rotatable bonds is 1. The summed E-state index contributed by atoms with van der Waals surface area (Å²) in [5, 5.41) is 0. The molecule has 1 aliphatic rings. The van der Waals surface area contributed by atoms with Crippen LogP contribution in [-0.2, 0) is 6.42 Å². The molecule has 0 heterocycles. The summed E-state index contributed by atoms with van der Waals surface area (Å²) in [5.74, 6) is 1.07. The summed E-state index contributed by atoms with van der Waals surface area (Å²) in [6, 6.07) is 3.96. The highest BCUT2D eigenvalue weighted by Gasteiger charge is 2.18. The van der Waals surface area contributed by atoms with Crippen LogP contribution in [0.1, 0.15) is 34.3 Å². The molecule has 2 rings (SSSR count). The molecular formula is C12H14O2. The fourth-order valence-electron chi connectivity index (χ4n) is 2.01. The molecule has 0 aromatic heterocycles. The van der Waals surface area contributed by atoms with E-state index < -0.39 is 0 Å². The highest BCUT2D eigenvalue weighted by Crippen LogP contribution is 2.28. The van der Waals surface area contributed by atoms with Crippen molar-refractivity contribution < 1.29 is 9.53 Å². The van der Waals surface area contributed by atoms with Crippen LogP contribution in [0, 0.1) is 6.92 Å². The van der Waals surface area contributed by atoms with E-state index >= 15 is 0 Å². The molecule has 1 aliphatic carbocycles. The van der Waals surface area contributed by atoms with Gasteiger partial charge < -0.3 is 4.74 Å². The maximum atomic E-state index is 11.6. The molecule has 0 radical (unpaired) electrons. The standard InChI is InChI=1S/C12H14O2/c1-8-6-9-4-3-5-11(13)10(9)7-12(8)14-2/h6-7H,3-5H2,1-2H3. The number of carbonyl (C=O) groups excluding carboxylic acids is 1. The summed E-state index contributed by atoms with van der Waals surface area (Å²) in [5.41, 5.74) is 3.15. The molecule has 0 aliphatic heterocycles. The Morgan fingerprint density at radius 2 is 2.07 bits per heavy atom. The second kappa shape index (κ2) is 3.45. The Hall–Kier alpha value is -1.31. The van der Waals surface area contributed by atoms with E-state index in [1.165, 1.54) is 5.56 Å². The van der Waals surface area contributed by atoms with Crippen LogP contribution < -0.4 is 4.74 Å². The zero-order chi connectivity index (χ0) is 10.1. The van der Waals surface area contributed by atoms with Gasteiger partial charge in [0.2, 0.25) is 0 Å². The Morgan fingerprint density at radius 1 is 1.29 bits per heavy atom. The molecule has 74 valence electrons. The number of carbonyl (C=O) groups is 1. The lowest BCUT2D eigenvalue weighted by atomic mass is 9.89. The van der Waals surface area contributed by atoms with E-state index in [0.29, 0.717) is 6.42 Å². The minimum absolute atomic E-state index is 0.254. The van der Waals surface area contributed by atoms with E-state index in [1.54, 1.807) is 7.11 Å². The lowest BCUT2D eigenvalue weighted by Gasteiger charge is -2.16. The molecule has 0 spiro atoms. The molecule has 0 saturated heterocycles. The average Bonchev–Trinajstić information content (AvgIpc) is 2.17. The van der Waals surface area contributed by atoms with Crippen LogP contribution in [0.3, 0.4) is 0 Å². The molecule has 14 heavy (non-hydrogen) atoms. The minimum atomic E-state index is 0.254. The highest BCUT2D eigenvalue weighted by molar-refractivity contribution is 5.99. The third-order valence-corrected chi connectivity index (χ3v) is 2.77. The van der Waals surface area contributed by atoms with E-state index in [1.807, 2.05) is 13.0 Å². The normalized spacial score (nSPS) is 15.1. The van der Waals surface area contributed by atoms with Gasteiger partial charge in [0, 0.05) is 12.0 Å². The van der Waals surface area contributed by atoms with Gasteiger partial charge in [0.05, 0.1) is 7.11 Å². The molecule has 0 unspecified atom stereocenters. The number of benzene rings is 1. The van der Waals surface area contributed by atoms with Crippen molar-refractivity contribution in [2.24, 2.45) is 0 Å². The second-order valence-electron chi connectivity index (χ2n) is 3.76. The van der Waals surface area contributed by atoms with Gasteiger partial charge in [-0.3, -0.25) is 4.79 Å². The molecule has 0 saturated carbocycles. The summed E-state index contributed by atoms with van der Waals surface area (Å²) in [6.07, 6.45) is 2.68. The van der Waals surface area contributed by atoms with E-state index in [2.05, 4.69) is 6.07 Å². The molecule has 0 atom stereocenters. The Kier molecular flexibility index (Phi) is 2.28. The van der Waals surface area contributed by atoms with Crippen molar-refractivity contribution >= 4 is 5.78 Å². The lowest BCUT2D eigenvalue weighted by Crippen LogP contribution is -2.11. The van der Waals surface area contributed by atoms with Crippen molar-refractivity contribution in [2.75, 3.05) is 7.11 Å². The SMILES string of the molecule is COc1cc2c(cc1C)CCCC2=O. The monoisotopic (exact) mass is 190 g/mol.